The number of carbonyl (C=O) groups excluding carboxylic acids is 1. The Morgan fingerprint density at radius 2 is 2.00 bits per heavy atom. The quantitative estimate of drug-likeness (QED) is 0.745. The second-order valence-electron chi connectivity index (χ2n) is 4.56. The summed E-state index contributed by atoms with van der Waals surface area (Å²) in [6.07, 6.45) is 3.39. The number of halogens is 2. The molecule has 4 nitrogen and oxygen atoms in total. The first kappa shape index (κ1) is 13.5. The summed E-state index contributed by atoms with van der Waals surface area (Å²) in [5, 5.41) is 9.41. The maximum atomic E-state index is 12.5. The Kier molecular flexibility index (Phi) is 4.04. The van der Waals surface area contributed by atoms with E-state index in [1.807, 2.05) is 0 Å². The summed E-state index contributed by atoms with van der Waals surface area (Å²) >= 11 is 11.5. The number of hydrogen-bond acceptors (Lipinski definition) is 3. The van der Waals surface area contributed by atoms with Crippen LogP contribution in [0.25, 0.3) is 0 Å². The monoisotopic (exact) mass is 288 g/mol. The van der Waals surface area contributed by atoms with E-state index >= 15 is 0 Å². The zero-order chi connectivity index (χ0) is 13.2. The molecule has 0 aromatic carbocycles. The standard InChI is InChI=1S/C12H14Cl2N2O2/c13-10(14)9-12(8-15,4-7-18-9)11(17)16-5-2-1-3-6-16/h1-7H2. The van der Waals surface area contributed by atoms with Crippen LogP contribution in [0, 0.1) is 16.7 Å². The SMILES string of the molecule is N#CC1(C(=O)N2CCCCC2)CCOC1=C(Cl)Cl. The summed E-state index contributed by atoms with van der Waals surface area (Å²) in [5.74, 6) is -0.111. The Labute approximate surface area is 116 Å². The molecule has 0 radical (unpaired) electrons. The number of amides is 1. The van der Waals surface area contributed by atoms with E-state index in [1.54, 1.807) is 4.90 Å². The normalized spacial score (nSPS) is 27.6. The fourth-order valence-electron chi connectivity index (χ4n) is 2.48. The molecule has 0 aliphatic carbocycles. The lowest BCUT2D eigenvalue weighted by Crippen LogP contribution is -2.45. The molecule has 2 saturated heterocycles. The van der Waals surface area contributed by atoms with Crippen LogP contribution in [0.2, 0.25) is 0 Å². The van der Waals surface area contributed by atoms with Gasteiger partial charge in [-0.2, -0.15) is 5.26 Å². The van der Waals surface area contributed by atoms with E-state index in [1.165, 1.54) is 0 Å². The second kappa shape index (κ2) is 5.38. The Morgan fingerprint density at radius 3 is 2.56 bits per heavy atom. The maximum Gasteiger partial charge on any atom is 0.251 e. The van der Waals surface area contributed by atoms with Crippen LogP contribution < -0.4 is 0 Å². The van der Waals surface area contributed by atoms with Crippen molar-refractivity contribution in [1.29, 1.82) is 5.26 Å². The summed E-state index contributed by atoms with van der Waals surface area (Å²) in [4.78, 5) is 14.3. The van der Waals surface area contributed by atoms with E-state index < -0.39 is 5.41 Å². The van der Waals surface area contributed by atoms with Gasteiger partial charge in [-0.15, -0.1) is 0 Å². The molecular weight excluding hydrogens is 275 g/mol. The van der Waals surface area contributed by atoms with Crippen molar-refractivity contribution >= 4 is 29.1 Å². The Bertz CT molecular complexity index is 420. The van der Waals surface area contributed by atoms with Gasteiger partial charge in [0.25, 0.3) is 5.91 Å². The van der Waals surface area contributed by atoms with Crippen LogP contribution in [0.15, 0.2) is 10.3 Å². The van der Waals surface area contributed by atoms with Crippen molar-refractivity contribution in [3.05, 3.63) is 10.3 Å². The Hall–Kier alpha value is -0.920. The van der Waals surface area contributed by atoms with Gasteiger partial charge in [0.1, 0.15) is 4.49 Å². The molecule has 1 unspecified atom stereocenters. The van der Waals surface area contributed by atoms with E-state index in [0.29, 0.717) is 26.1 Å². The number of likely N-dealkylation sites (tertiary alicyclic amines) is 1. The van der Waals surface area contributed by atoms with Crippen LogP contribution in [-0.4, -0.2) is 30.5 Å². The molecule has 6 heteroatoms. The second-order valence-corrected chi connectivity index (χ2v) is 5.51. The van der Waals surface area contributed by atoms with E-state index in [4.69, 9.17) is 27.9 Å². The Morgan fingerprint density at radius 1 is 1.33 bits per heavy atom. The lowest BCUT2D eigenvalue weighted by atomic mass is 9.84. The lowest BCUT2D eigenvalue weighted by Gasteiger charge is -2.32. The summed E-state index contributed by atoms with van der Waals surface area (Å²) < 4.78 is 5.15. The van der Waals surface area contributed by atoms with Crippen LogP contribution in [0.4, 0.5) is 0 Å². The molecule has 1 amide bonds. The molecule has 0 aromatic rings. The number of nitrogens with zero attached hydrogens (tertiary/aromatic N) is 2. The van der Waals surface area contributed by atoms with Crippen molar-refractivity contribution in [2.75, 3.05) is 19.7 Å². The first-order valence-corrected chi connectivity index (χ1v) is 6.76. The molecule has 2 fully saturated rings. The highest BCUT2D eigenvalue weighted by molar-refractivity contribution is 6.56. The molecule has 0 saturated carbocycles. The minimum absolute atomic E-state index is 0.115. The molecule has 0 bridgehead atoms. The van der Waals surface area contributed by atoms with Gasteiger partial charge in [-0.25, -0.2) is 0 Å². The van der Waals surface area contributed by atoms with Crippen molar-refractivity contribution in [3.63, 3.8) is 0 Å². The van der Waals surface area contributed by atoms with E-state index in [2.05, 4.69) is 6.07 Å². The molecule has 1 atom stereocenters. The van der Waals surface area contributed by atoms with Gasteiger partial charge in [0.05, 0.1) is 12.7 Å². The Balaban J connectivity index is 2.30. The van der Waals surface area contributed by atoms with Crippen LogP contribution in [-0.2, 0) is 9.53 Å². The maximum absolute atomic E-state index is 12.5. The van der Waals surface area contributed by atoms with Crippen molar-refractivity contribution < 1.29 is 9.53 Å². The van der Waals surface area contributed by atoms with Gasteiger partial charge >= 0.3 is 0 Å². The number of hydrogen-bond donors (Lipinski definition) is 0. The van der Waals surface area contributed by atoms with Crippen molar-refractivity contribution in [3.8, 4) is 6.07 Å². The fourth-order valence-corrected chi connectivity index (χ4v) is 2.92. The topological polar surface area (TPSA) is 53.3 Å². The fraction of sp³-hybridized carbons (Fsp3) is 0.667. The van der Waals surface area contributed by atoms with Gasteiger partial charge in [0.15, 0.2) is 11.2 Å². The summed E-state index contributed by atoms with van der Waals surface area (Å²) in [6.45, 7) is 1.68. The highest BCUT2D eigenvalue weighted by atomic mass is 35.5. The van der Waals surface area contributed by atoms with Gasteiger partial charge in [-0.3, -0.25) is 4.79 Å². The number of nitriles is 1. The van der Waals surface area contributed by atoms with Gasteiger partial charge in [0.2, 0.25) is 0 Å². The largest absolute Gasteiger partial charge is 0.493 e. The number of carbonyl (C=O) groups is 1. The van der Waals surface area contributed by atoms with Crippen LogP contribution in [0.5, 0.6) is 0 Å². The first-order valence-electron chi connectivity index (χ1n) is 6.01. The summed E-state index contributed by atoms with van der Waals surface area (Å²) in [7, 11) is 0. The number of ether oxygens (including phenoxy) is 1. The molecule has 98 valence electrons. The minimum atomic E-state index is -1.32. The molecular formula is C12H14Cl2N2O2. The number of rotatable bonds is 1. The number of piperidine rings is 1. The smallest absolute Gasteiger partial charge is 0.251 e. The first-order chi connectivity index (χ1) is 8.62. The highest BCUT2D eigenvalue weighted by Gasteiger charge is 2.51. The van der Waals surface area contributed by atoms with Gasteiger partial charge < -0.3 is 9.64 Å². The molecule has 2 aliphatic heterocycles. The third kappa shape index (κ3) is 2.17. The van der Waals surface area contributed by atoms with E-state index in [0.717, 1.165) is 19.3 Å². The molecule has 0 spiro atoms. The molecule has 2 aliphatic rings. The third-order valence-electron chi connectivity index (χ3n) is 3.48. The third-order valence-corrected chi connectivity index (χ3v) is 3.83. The van der Waals surface area contributed by atoms with Crippen molar-refractivity contribution in [1.82, 2.24) is 4.90 Å². The van der Waals surface area contributed by atoms with E-state index in [9.17, 15) is 10.1 Å². The lowest BCUT2D eigenvalue weighted by molar-refractivity contribution is -0.138. The molecule has 2 rings (SSSR count). The highest BCUT2D eigenvalue weighted by Crippen LogP contribution is 2.43. The van der Waals surface area contributed by atoms with Gasteiger partial charge in [0, 0.05) is 19.5 Å². The van der Waals surface area contributed by atoms with Gasteiger partial charge in [-0.1, -0.05) is 23.2 Å². The van der Waals surface area contributed by atoms with Crippen LogP contribution in [0.3, 0.4) is 0 Å². The molecule has 0 aromatic heterocycles. The average Bonchev–Trinajstić information content (AvgIpc) is 2.84. The zero-order valence-electron chi connectivity index (χ0n) is 9.92. The van der Waals surface area contributed by atoms with Gasteiger partial charge in [-0.05, 0) is 19.3 Å². The minimum Gasteiger partial charge on any atom is -0.493 e. The van der Waals surface area contributed by atoms with Crippen LogP contribution in [0.1, 0.15) is 25.7 Å². The molecule has 2 heterocycles. The van der Waals surface area contributed by atoms with Crippen molar-refractivity contribution in [2.24, 2.45) is 5.41 Å². The average molecular weight is 289 g/mol. The zero-order valence-corrected chi connectivity index (χ0v) is 11.4. The summed E-state index contributed by atoms with van der Waals surface area (Å²) in [6, 6.07) is 2.06. The summed E-state index contributed by atoms with van der Waals surface area (Å²) in [5.41, 5.74) is -1.32. The molecule has 18 heavy (non-hydrogen) atoms. The molecule has 0 N–H and O–H groups in total. The predicted molar refractivity (Wildman–Crippen MR) is 67.8 cm³/mol. The van der Waals surface area contributed by atoms with E-state index in [-0.39, 0.29) is 16.2 Å². The predicted octanol–water partition coefficient (Wildman–Crippen LogP) is 2.58. The van der Waals surface area contributed by atoms with Crippen molar-refractivity contribution in [2.45, 2.75) is 25.7 Å². The van der Waals surface area contributed by atoms with Crippen LogP contribution >= 0.6 is 23.2 Å².